The Morgan fingerprint density at radius 3 is 2.16 bits per heavy atom. The van der Waals surface area contributed by atoms with E-state index in [0.717, 1.165) is 0 Å². The predicted octanol–water partition coefficient (Wildman–Crippen LogP) is 2.02. The van der Waals surface area contributed by atoms with Gasteiger partial charge in [0.1, 0.15) is 15.8 Å². The molecule has 0 fully saturated rings. The molecule has 0 saturated carbocycles. The maximum absolute atomic E-state index is 12.1. The Hall–Kier alpha value is -1.33. The number of nitrogens with two attached hydrogens (primary N) is 1. The number of aromatic nitrogens is 1. The number of nitrogens with zero attached hydrogens (tertiary/aromatic N) is 1. The van der Waals surface area contributed by atoms with Crippen LogP contribution in [0, 0.1) is 5.92 Å². The quantitative estimate of drug-likeness (QED) is 0.834. The van der Waals surface area contributed by atoms with Gasteiger partial charge in [-0.2, -0.15) is 0 Å². The Balaban J connectivity index is 3.04. The molecule has 104 valence electrons. The largest absolute Gasteiger partial charge is 0.368 e. The minimum atomic E-state index is -1.15. The highest BCUT2D eigenvalue weighted by Gasteiger charge is 2.36. The molecule has 1 aromatic rings. The van der Waals surface area contributed by atoms with Crippen molar-refractivity contribution in [3.8, 4) is 0 Å². The number of pyridine rings is 1. The van der Waals surface area contributed by atoms with Crippen molar-refractivity contribution in [2.24, 2.45) is 11.7 Å². The second-order valence-corrected chi connectivity index (χ2v) is 5.45. The highest BCUT2D eigenvalue weighted by molar-refractivity contribution is 6.33. The molecule has 0 radical (unpaired) electrons. The van der Waals surface area contributed by atoms with Crippen molar-refractivity contribution in [2.45, 2.75) is 26.3 Å². The van der Waals surface area contributed by atoms with E-state index >= 15 is 0 Å². The SMILES string of the molecule is CC(C)C(C)(NC(=O)c1cc(Cl)nc(Cl)c1)C(N)=O. The lowest BCUT2D eigenvalue weighted by Crippen LogP contribution is -2.58. The van der Waals surface area contributed by atoms with Crippen LogP contribution in [0.1, 0.15) is 31.1 Å². The summed E-state index contributed by atoms with van der Waals surface area (Å²) in [5, 5.41) is 2.80. The molecule has 1 atom stereocenters. The fourth-order valence-electron chi connectivity index (χ4n) is 1.39. The lowest BCUT2D eigenvalue weighted by Gasteiger charge is -2.31. The summed E-state index contributed by atoms with van der Waals surface area (Å²) in [7, 11) is 0. The molecule has 1 aromatic heterocycles. The predicted molar refractivity (Wildman–Crippen MR) is 74.2 cm³/mol. The van der Waals surface area contributed by atoms with Gasteiger partial charge in [0.2, 0.25) is 5.91 Å². The highest BCUT2D eigenvalue weighted by atomic mass is 35.5. The summed E-state index contributed by atoms with van der Waals surface area (Å²) in [6, 6.07) is 2.73. The Morgan fingerprint density at radius 2 is 1.79 bits per heavy atom. The lowest BCUT2D eigenvalue weighted by atomic mass is 9.87. The van der Waals surface area contributed by atoms with Gasteiger partial charge in [-0.15, -0.1) is 0 Å². The van der Waals surface area contributed by atoms with Crippen LogP contribution < -0.4 is 11.1 Å². The van der Waals surface area contributed by atoms with Crippen LogP contribution in [0.4, 0.5) is 0 Å². The minimum absolute atomic E-state index is 0.1000. The molecule has 7 heteroatoms. The van der Waals surface area contributed by atoms with Gasteiger partial charge in [-0.25, -0.2) is 4.98 Å². The summed E-state index contributed by atoms with van der Waals surface area (Å²) >= 11 is 11.4. The summed E-state index contributed by atoms with van der Waals surface area (Å²) in [4.78, 5) is 27.4. The van der Waals surface area contributed by atoms with Gasteiger partial charge in [-0.05, 0) is 25.0 Å². The number of carbonyl (C=O) groups is 2. The number of amides is 2. The zero-order chi connectivity index (χ0) is 14.8. The molecule has 0 saturated heterocycles. The molecule has 19 heavy (non-hydrogen) atoms. The van der Waals surface area contributed by atoms with Gasteiger partial charge >= 0.3 is 0 Å². The third kappa shape index (κ3) is 3.58. The molecule has 5 nitrogen and oxygen atoms in total. The monoisotopic (exact) mass is 303 g/mol. The number of nitrogens with one attached hydrogen (secondary N) is 1. The van der Waals surface area contributed by atoms with Crippen molar-refractivity contribution in [1.82, 2.24) is 10.3 Å². The molecule has 0 aliphatic carbocycles. The van der Waals surface area contributed by atoms with E-state index in [1.807, 2.05) is 0 Å². The molecular formula is C12H15Cl2N3O2. The van der Waals surface area contributed by atoms with Crippen molar-refractivity contribution >= 4 is 35.0 Å². The summed E-state index contributed by atoms with van der Waals surface area (Å²) in [5.74, 6) is -1.26. The Morgan fingerprint density at radius 1 is 1.32 bits per heavy atom. The van der Waals surface area contributed by atoms with E-state index < -0.39 is 17.4 Å². The van der Waals surface area contributed by atoms with Crippen LogP contribution in [0.15, 0.2) is 12.1 Å². The van der Waals surface area contributed by atoms with E-state index in [1.54, 1.807) is 20.8 Å². The van der Waals surface area contributed by atoms with Gasteiger partial charge in [0.15, 0.2) is 0 Å². The van der Waals surface area contributed by atoms with E-state index in [4.69, 9.17) is 28.9 Å². The zero-order valence-electron chi connectivity index (χ0n) is 10.8. The van der Waals surface area contributed by atoms with Gasteiger partial charge in [0.25, 0.3) is 5.91 Å². The molecule has 0 bridgehead atoms. The van der Waals surface area contributed by atoms with Crippen LogP contribution in [0.3, 0.4) is 0 Å². The smallest absolute Gasteiger partial charge is 0.252 e. The fourth-order valence-corrected chi connectivity index (χ4v) is 1.85. The van der Waals surface area contributed by atoms with Crippen molar-refractivity contribution in [1.29, 1.82) is 0 Å². The first-order valence-corrected chi connectivity index (χ1v) is 6.38. The van der Waals surface area contributed by atoms with Gasteiger partial charge in [-0.3, -0.25) is 9.59 Å². The third-order valence-electron chi connectivity index (χ3n) is 3.06. The van der Waals surface area contributed by atoms with Crippen LogP contribution in [0.2, 0.25) is 10.3 Å². The second-order valence-electron chi connectivity index (χ2n) is 4.68. The van der Waals surface area contributed by atoms with E-state index in [9.17, 15) is 9.59 Å². The summed E-state index contributed by atoms with van der Waals surface area (Å²) in [6.45, 7) is 5.15. The van der Waals surface area contributed by atoms with Crippen molar-refractivity contribution in [2.75, 3.05) is 0 Å². The first-order chi connectivity index (χ1) is 8.66. The number of halogens is 2. The molecule has 0 spiro atoms. The molecule has 2 amide bonds. The molecule has 0 aliphatic rings. The van der Waals surface area contributed by atoms with Gasteiger partial charge in [0.05, 0.1) is 0 Å². The normalized spacial score (nSPS) is 14.0. The lowest BCUT2D eigenvalue weighted by molar-refractivity contribution is -0.125. The average Bonchev–Trinajstić information content (AvgIpc) is 2.26. The number of hydrogen-bond acceptors (Lipinski definition) is 3. The summed E-state index contributed by atoms with van der Waals surface area (Å²) < 4.78 is 0. The van der Waals surface area contributed by atoms with Crippen molar-refractivity contribution in [3.05, 3.63) is 28.0 Å². The average molecular weight is 304 g/mol. The number of rotatable bonds is 4. The van der Waals surface area contributed by atoms with Gasteiger partial charge in [-0.1, -0.05) is 37.0 Å². The van der Waals surface area contributed by atoms with Crippen LogP contribution >= 0.6 is 23.2 Å². The molecule has 1 heterocycles. The molecule has 0 aliphatic heterocycles. The first-order valence-electron chi connectivity index (χ1n) is 5.62. The van der Waals surface area contributed by atoms with E-state index in [-0.39, 0.29) is 21.8 Å². The highest BCUT2D eigenvalue weighted by Crippen LogP contribution is 2.19. The number of hydrogen-bond donors (Lipinski definition) is 2. The van der Waals surface area contributed by atoms with Crippen LogP contribution in [0.5, 0.6) is 0 Å². The zero-order valence-corrected chi connectivity index (χ0v) is 12.3. The maximum atomic E-state index is 12.1. The number of carbonyl (C=O) groups excluding carboxylic acids is 2. The fraction of sp³-hybridized carbons (Fsp3) is 0.417. The Kier molecular flexibility index (Phi) is 4.76. The van der Waals surface area contributed by atoms with Crippen LogP contribution in [-0.2, 0) is 4.79 Å². The second kappa shape index (κ2) is 5.75. The van der Waals surface area contributed by atoms with Crippen LogP contribution in [0.25, 0.3) is 0 Å². The Labute approximate surface area is 121 Å². The topological polar surface area (TPSA) is 85.1 Å². The standard InChI is InChI=1S/C12H15Cl2N3O2/c1-6(2)12(3,11(15)19)17-10(18)7-4-8(13)16-9(14)5-7/h4-6H,1-3H3,(H2,15,19)(H,17,18). The molecule has 1 unspecified atom stereocenters. The van der Waals surface area contributed by atoms with E-state index in [0.29, 0.717) is 0 Å². The van der Waals surface area contributed by atoms with Gasteiger partial charge < -0.3 is 11.1 Å². The van der Waals surface area contributed by atoms with Crippen molar-refractivity contribution in [3.63, 3.8) is 0 Å². The molecule has 1 rings (SSSR count). The third-order valence-corrected chi connectivity index (χ3v) is 3.45. The van der Waals surface area contributed by atoms with Gasteiger partial charge in [0, 0.05) is 5.56 Å². The summed E-state index contributed by atoms with van der Waals surface area (Å²) in [5.41, 5.74) is 4.41. The molecular weight excluding hydrogens is 289 g/mol. The Bertz CT molecular complexity index is 499. The first kappa shape index (κ1) is 15.7. The summed E-state index contributed by atoms with van der Waals surface area (Å²) in [6.07, 6.45) is 0. The number of primary amides is 1. The van der Waals surface area contributed by atoms with Crippen molar-refractivity contribution < 1.29 is 9.59 Å². The van der Waals surface area contributed by atoms with E-state index in [2.05, 4.69) is 10.3 Å². The molecule has 0 aromatic carbocycles. The maximum Gasteiger partial charge on any atom is 0.252 e. The minimum Gasteiger partial charge on any atom is -0.368 e. The molecule has 3 N–H and O–H groups in total. The van der Waals surface area contributed by atoms with Crippen LogP contribution in [-0.4, -0.2) is 22.3 Å². The van der Waals surface area contributed by atoms with E-state index in [1.165, 1.54) is 12.1 Å².